The van der Waals surface area contributed by atoms with Crippen molar-refractivity contribution in [2.75, 3.05) is 26.1 Å². The van der Waals surface area contributed by atoms with Gasteiger partial charge in [-0.25, -0.2) is 13.6 Å². The topological polar surface area (TPSA) is 67.8 Å². The molecule has 0 atom stereocenters. The summed E-state index contributed by atoms with van der Waals surface area (Å²) in [5.74, 6) is -3.48. The third-order valence-corrected chi connectivity index (χ3v) is 2.27. The van der Waals surface area contributed by atoms with Crippen LogP contribution in [0.2, 0.25) is 0 Å². The molecule has 0 aliphatic heterocycles. The maximum Gasteiger partial charge on any atom is 0.338 e. The van der Waals surface area contributed by atoms with Gasteiger partial charge in [-0.3, -0.25) is 0 Å². The van der Waals surface area contributed by atoms with E-state index in [-0.39, 0.29) is 12.2 Å². The van der Waals surface area contributed by atoms with Crippen molar-refractivity contribution >= 4 is 11.7 Å². The zero-order chi connectivity index (χ0) is 13.7. The van der Waals surface area contributed by atoms with E-state index in [1.54, 1.807) is 0 Å². The number of carbonyl (C=O) groups is 1. The summed E-state index contributed by atoms with van der Waals surface area (Å²) in [4.78, 5) is 10.7. The lowest BCUT2D eigenvalue weighted by Crippen LogP contribution is -2.24. The van der Waals surface area contributed by atoms with Gasteiger partial charge in [-0.2, -0.15) is 0 Å². The fourth-order valence-electron chi connectivity index (χ4n) is 1.30. The van der Waals surface area contributed by atoms with Gasteiger partial charge in [0.1, 0.15) is 11.6 Å². The lowest BCUT2D eigenvalue weighted by molar-refractivity contribution is -0.0914. The summed E-state index contributed by atoms with van der Waals surface area (Å²) in [5, 5.41) is 11.3. The Morgan fingerprint density at radius 1 is 1.33 bits per heavy atom. The van der Waals surface area contributed by atoms with Crippen LogP contribution in [-0.4, -0.2) is 38.1 Å². The van der Waals surface area contributed by atoms with E-state index in [4.69, 9.17) is 14.6 Å². The highest BCUT2D eigenvalue weighted by atomic mass is 19.1. The van der Waals surface area contributed by atoms with Crippen LogP contribution in [0.5, 0.6) is 0 Å². The highest BCUT2D eigenvalue weighted by Crippen LogP contribution is 2.19. The molecular weight excluding hydrogens is 248 g/mol. The van der Waals surface area contributed by atoms with Crippen LogP contribution in [0.25, 0.3) is 0 Å². The number of ether oxygens (including phenoxy) is 2. The monoisotopic (exact) mass is 261 g/mol. The molecule has 0 heterocycles. The van der Waals surface area contributed by atoms with Crippen LogP contribution in [0.15, 0.2) is 12.1 Å². The zero-order valence-corrected chi connectivity index (χ0v) is 9.87. The predicted octanol–water partition coefficient (Wildman–Crippen LogP) is 1.69. The first-order chi connectivity index (χ1) is 8.49. The first-order valence-electron chi connectivity index (χ1n) is 5.01. The summed E-state index contributed by atoms with van der Waals surface area (Å²) in [6.45, 7) is 0.0919. The van der Waals surface area contributed by atoms with Gasteiger partial charge in [-0.1, -0.05) is 0 Å². The molecule has 1 aromatic rings. The molecule has 0 aliphatic rings. The fourth-order valence-corrected chi connectivity index (χ4v) is 1.30. The maximum atomic E-state index is 13.4. The minimum atomic E-state index is -1.47. The van der Waals surface area contributed by atoms with Gasteiger partial charge in [0.15, 0.2) is 6.29 Å². The summed E-state index contributed by atoms with van der Waals surface area (Å²) in [5.41, 5.74) is -0.738. The van der Waals surface area contributed by atoms with E-state index in [2.05, 4.69) is 5.32 Å². The molecule has 0 fully saturated rings. The van der Waals surface area contributed by atoms with Crippen molar-refractivity contribution in [3.8, 4) is 0 Å². The lowest BCUT2D eigenvalue weighted by Gasteiger charge is -2.15. The average molecular weight is 261 g/mol. The Kier molecular flexibility index (Phi) is 4.99. The molecule has 0 bridgehead atoms. The molecule has 5 nitrogen and oxygen atoms in total. The highest BCUT2D eigenvalue weighted by Gasteiger charge is 2.16. The summed E-state index contributed by atoms with van der Waals surface area (Å²) in [6.07, 6.45) is -0.622. The van der Waals surface area contributed by atoms with Crippen LogP contribution in [0.1, 0.15) is 10.4 Å². The van der Waals surface area contributed by atoms with Crippen molar-refractivity contribution in [3.63, 3.8) is 0 Å². The van der Waals surface area contributed by atoms with Crippen molar-refractivity contribution in [1.29, 1.82) is 0 Å². The Balaban J connectivity index is 2.88. The Morgan fingerprint density at radius 3 is 2.44 bits per heavy atom. The number of hydrogen-bond donors (Lipinski definition) is 2. The van der Waals surface area contributed by atoms with E-state index in [0.29, 0.717) is 6.07 Å². The van der Waals surface area contributed by atoms with Crippen molar-refractivity contribution in [2.24, 2.45) is 0 Å². The minimum Gasteiger partial charge on any atom is -0.478 e. The molecular formula is C11H13F2NO4. The van der Waals surface area contributed by atoms with Crippen molar-refractivity contribution in [1.82, 2.24) is 0 Å². The van der Waals surface area contributed by atoms with Gasteiger partial charge < -0.3 is 19.9 Å². The second-order valence-corrected chi connectivity index (χ2v) is 3.40. The summed E-state index contributed by atoms with van der Waals surface area (Å²) in [6, 6.07) is 1.40. The quantitative estimate of drug-likeness (QED) is 0.763. The van der Waals surface area contributed by atoms with Crippen LogP contribution < -0.4 is 5.32 Å². The number of rotatable bonds is 6. The second kappa shape index (κ2) is 6.27. The second-order valence-electron chi connectivity index (χ2n) is 3.40. The van der Waals surface area contributed by atoms with Crippen LogP contribution in [0, 0.1) is 11.6 Å². The molecule has 1 aromatic carbocycles. The van der Waals surface area contributed by atoms with Gasteiger partial charge in [-0.15, -0.1) is 0 Å². The van der Waals surface area contributed by atoms with Crippen molar-refractivity contribution in [2.45, 2.75) is 6.29 Å². The molecule has 0 spiro atoms. The third-order valence-electron chi connectivity index (χ3n) is 2.27. The molecule has 0 aliphatic carbocycles. The fraction of sp³-hybridized carbons (Fsp3) is 0.364. The Bertz CT molecular complexity index is 435. The van der Waals surface area contributed by atoms with Gasteiger partial charge in [0.05, 0.1) is 17.8 Å². The number of anilines is 1. The number of aromatic carboxylic acids is 1. The van der Waals surface area contributed by atoms with Gasteiger partial charge in [0.2, 0.25) is 0 Å². The molecule has 100 valence electrons. The van der Waals surface area contributed by atoms with Crippen molar-refractivity contribution in [3.05, 3.63) is 29.3 Å². The van der Waals surface area contributed by atoms with E-state index in [1.165, 1.54) is 14.2 Å². The van der Waals surface area contributed by atoms with Gasteiger partial charge in [0, 0.05) is 20.3 Å². The standard InChI is InChI=1S/C11H13F2NO4/c1-17-10(18-2)5-14-9-3-6(11(15)16)7(12)4-8(9)13/h3-4,10,14H,5H2,1-2H3,(H,15,16). The molecule has 2 N–H and O–H groups in total. The lowest BCUT2D eigenvalue weighted by atomic mass is 10.2. The number of hydrogen-bond acceptors (Lipinski definition) is 4. The van der Waals surface area contributed by atoms with Gasteiger partial charge >= 0.3 is 5.97 Å². The number of carboxylic acids is 1. The first kappa shape index (κ1) is 14.3. The number of benzene rings is 1. The number of methoxy groups -OCH3 is 2. The minimum absolute atomic E-state index is 0.0919. The number of carboxylic acid groups (broad SMARTS) is 1. The van der Waals surface area contributed by atoms with Crippen LogP contribution >= 0.6 is 0 Å². The molecule has 7 heteroatoms. The summed E-state index contributed by atoms with van der Waals surface area (Å²) < 4.78 is 36.2. The SMILES string of the molecule is COC(CNc1cc(C(=O)O)c(F)cc1F)OC. The number of halogens is 2. The van der Waals surface area contributed by atoms with Crippen LogP contribution in [0.3, 0.4) is 0 Å². The zero-order valence-electron chi connectivity index (χ0n) is 9.87. The molecule has 0 amide bonds. The van der Waals surface area contributed by atoms with Gasteiger partial charge in [0.25, 0.3) is 0 Å². The normalized spacial score (nSPS) is 10.7. The van der Waals surface area contributed by atoms with E-state index < -0.39 is 29.5 Å². The average Bonchev–Trinajstić information content (AvgIpc) is 2.32. The molecule has 0 saturated heterocycles. The van der Waals surface area contributed by atoms with Crippen LogP contribution in [0.4, 0.5) is 14.5 Å². The van der Waals surface area contributed by atoms with E-state index in [1.807, 2.05) is 0 Å². The Labute approximate surface area is 102 Å². The molecule has 0 unspecified atom stereocenters. The predicted molar refractivity (Wildman–Crippen MR) is 59.6 cm³/mol. The molecule has 18 heavy (non-hydrogen) atoms. The molecule has 0 aromatic heterocycles. The summed E-state index contributed by atoms with van der Waals surface area (Å²) >= 11 is 0. The van der Waals surface area contributed by atoms with E-state index >= 15 is 0 Å². The third kappa shape index (κ3) is 3.38. The highest BCUT2D eigenvalue weighted by molar-refractivity contribution is 5.89. The molecule has 0 saturated carbocycles. The van der Waals surface area contributed by atoms with Crippen molar-refractivity contribution < 1.29 is 28.2 Å². The van der Waals surface area contributed by atoms with E-state index in [0.717, 1.165) is 6.07 Å². The van der Waals surface area contributed by atoms with Gasteiger partial charge in [-0.05, 0) is 6.07 Å². The number of nitrogens with one attached hydrogen (secondary N) is 1. The largest absolute Gasteiger partial charge is 0.478 e. The van der Waals surface area contributed by atoms with Crippen LogP contribution in [-0.2, 0) is 9.47 Å². The first-order valence-corrected chi connectivity index (χ1v) is 5.01. The Hall–Kier alpha value is -1.73. The maximum absolute atomic E-state index is 13.4. The Morgan fingerprint density at radius 2 is 1.94 bits per heavy atom. The molecule has 1 rings (SSSR count). The summed E-state index contributed by atoms with van der Waals surface area (Å²) in [7, 11) is 2.80. The van der Waals surface area contributed by atoms with E-state index in [9.17, 15) is 13.6 Å². The molecule has 0 radical (unpaired) electrons. The smallest absolute Gasteiger partial charge is 0.338 e.